The molecule has 1 aromatic carbocycles. The summed E-state index contributed by atoms with van der Waals surface area (Å²) in [5.41, 5.74) is 2.11. The molecule has 0 aliphatic heterocycles. The molecule has 0 atom stereocenters. The van der Waals surface area contributed by atoms with Gasteiger partial charge in [-0.1, -0.05) is 11.6 Å². The first-order valence-electron chi connectivity index (χ1n) is 5.43. The Morgan fingerprint density at radius 1 is 1.39 bits per heavy atom. The molecule has 0 saturated heterocycles. The van der Waals surface area contributed by atoms with Gasteiger partial charge in [-0.05, 0) is 31.5 Å². The minimum absolute atomic E-state index is 0.394. The Hall–Kier alpha value is -1.81. The number of carbonyl (C=O) groups is 1. The van der Waals surface area contributed by atoms with E-state index in [2.05, 4.69) is 4.98 Å². The van der Waals surface area contributed by atoms with Crippen LogP contribution in [0.1, 0.15) is 21.7 Å². The van der Waals surface area contributed by atoms with Gasteiger partial charge in [0.2, 0.25) is 0 Å². The number of rotatable bonds is 2. The van der Waals surface area contributed by atoms with E-state index in [0.717, 1.165) is 17.1 Å². The molecule has 2 rings (SSSR count). The molecule has 1 aromatic heterocycles. The second-order valence-electron chi connectivity index (χ2n) is 3.93. The minimum Gasteiger partial charge on any atom is -0.465 e. The molecule has 0 aliphatic carbocycles. The number of halogens is 1. The molecule has 0 radical (unpaired) electrons. The lowest BCUT2D eigenvalue weighted by Gasteiger charge is -2.13. The highest BCUT2D eigenvalue weighted by molar-refractivity contribution is 6.31. The summed E-state index contributed by atoms with van der Waals surface area (Å²) in [5, 5.41) is 0.490. The van der Waals surface area contributed by atoms with Gasteiger partial charge >= 0.3 is 5.97 Å². The van der Waals surface area contributed by atoms with E-state index >= 15 is 0 Å². The normalized spacial score (nSPS) is 10.4. The van der Waals surface area contributed by atoms with E-state index in [0.29, 0.717) is 10.6 Å². The van der Waals surface area contributed by atoms with Crippen molar-refractivity contribution in [3.63, 3.8) is 0 Å². The van der Waals surface area contributed by atoms with Gasteiger partial charge in [-0.2, -0.15) is 0 Å². The summed E-state index contributed by atoms with van der Waals surface area (Å²) in [4.78, 5) is 15.8. The third kappa shape index (κ3) is 2.11. The van der Waals surface area contributed by atoms with Crippen molar-refractivity contribution in [3.8, 4) is 5.69 Å². The number of esters is 1. The van der Waals surface area contributed by atoms with Crippen molar-refractivity contribution < 1.29 is 9.53 Å². The van der Waals surface area contributed by atoms with Crippen LogP contribution in [0.25, 0.3) is 5.69 Å². The lowest BCUT2D eigenvalue weighted by molar-refractivity contribution is 0.0600. The maximum Gasteiger partial charge on any atom is 0.338 e. The van der Waals surface area contributed by atoms with E-state index in [1.54, 1.807) is 18.3 Å². The van der Waals surface area contributed by atoms with E-state index in [9.17, 15) is 4.79 Å². The first-order chi connectivity index (χ1) is 8.54. The zero-order valence-corrected chi connectivity index (χ0v) is 11.2. The van der Waals surface area contributed by atoms with Gasteiger partial charge in [-0.3, -0.25) is 0 Å². The molecular formula is C13H13ClN2O2. The Bertz CT molecular complexity index is 605. The second-order valence-corrected chi connectivity index (χ2v) is 4.37. The predicted molar refractivity (Wildman–Crippen MR) is 69.4 cm³/mol. The van der Waals surface area contributed by atoms with Gasteiger partial charge in [0.1, 0.15) is 5.82 Å². The van der Waals surface area contributed by atoms with E-state index in [1.807, 2.05) is 24.6 Å². The molecule has 18 heavy (non-hydrogen) atoms. The molecule has 0 spiro atoms. The second kappa shape index (κ2) is 4.82. The fraction of sp³-hybridized carbons (Fsp3) is 0.231. The SMILES string of the molecule is COC(=O)c1cc(Cl)cc(-n2ccnc2C)c1C. The average molecular weight is 265 g/mol. The van der Waals surface area contributed by atoms with Crippen molar-refractivity contribution in [2.45, 2.75) is 13.8 Å². The van der Waals surface area contributed by atoms with Crippen LogP contribution >= 0.6 is 11.6 Å². The van der Waals surface area contributed by atoms with Crippen LogP contribution in [0.5, 0.6) is 0 Å². The van der Waals surface area contributed by atoms with E-state index in [-0.39, 0.29) is 0 Å². The number of hydrogen-bond acceptors (Lipinski definition) is 3. The summed E-state index contributed by atoms with van der Waals surface area (Å²) in [6.07, 6.45) is 3.53. The highest BCUT2D eigenvalue weighted by Crippen LogP contribution is 2.25. The molecule has 0 fully saturated rings. The molecular weight excluding hydrogens is 252 g/mol. The van der Waals surface area contributed by atoms with Crippen LogP contribution in [-0.4, -0.2) is 22.6 Å². The minimum atomic E-state index is -0.394. The number of ether oxygens (including phenoxy) is 1. The van der Waals surface area contributed by atoms with Gasteiger partial charge in [0.15, 0.2) is 0 Å². The lowest BCUT2D eigenvalue weighted by Crippen LogP contribution is -2.08. The van der Waals surface area contributed by atoms with E-state index in [1.165, 1.54) is 7.11 Å². The number of nitrogens with zero attached hydrogens (tertiary/aromatic N) is 2. The zero-order valence-electron chi connectivity index (χ0n) is 10.4. The number of methoxy groups -OCH3 is 1. The molecule has 0 bridgehead atoms. The van der Waals surface area contributed by atoms with Gasteiger partial charge in [0.05, 0.1) is 18.4 Å². The van der Waals surface area contributed by atoms with Gasteiger partial charge in [-0.25, -0.2) is 9.78 Å². The van der Waals surface area contributed by atoms with Crippen LogP contribution in [0.3, 0.4) is 0 Å². The number of aromatic nitrogens is 2. The molecule has 0 aliphatic rings. The summed E-state index contributed by atoms with van der Waals surface area (Å²) >= 11 is 6.05. The fourth-order valence-electron chi connectivity index (χ4n) is 1.87. The van der Waals surface area contributed by atoms with Crippen LogP contribution in [0.15, 0.2) is 24.5 Å². The van der Waals surface area contributed by atoms with Gasteiger partial charge in [-0.15, -0.1) is 0 Å². The average Bonchev–Trinajstić information content (AvgIpc) is 2.77. The number of carbonyl (C=O) groups excluding carboxylic acids is 1. The van der Waals surface area contributed by atoms with Crippen LogP contribution in [0.2, 0.25) is 5.02 Å². The number of aryl methyl sites for hydroxylation is 1. The Labute approximate surface area is 110 Å². The molecule has 2 aromatic rings. The predicted octanol–water partition coefficient (Wildman–Crippen LogP) is 2.93. The summed E-state index contributed by atoms with van der Waals surface area (Å²) in [6, 6.07) is 3.41. The fourth-order valence-corrected chi connectivity index (χ4v) is 2.08. The summed E-state index contributed by atoms with van der Waals surface area (Å²) in [7, 11) is 1.35. The van der Waals surface area contributed by atoms with Crippen molar-refractivity contribution in [1.29, 1.82) is 0 Å². The smallest absolute Gasteiger partial charge is 0.338 e. The topological polar surface area (TPSA) is 44.1 Å². The van der Waals surface area contributed by atoms with E-state index in [4.69, 9.17) is 16.3 Å². The highest BCUT2D eigenvalue weighted by atomic mass is 35.5. The largest absolute Gasteiger partial charge is 0.465 e. The monoisotopic (exact) mass is 264 g/mol. The Kier molecular flexibility index (Phi) is 3.39. The molecule has 0 saturated carbocycles. The first kappa shape index (κ1) is 12.6. The number of benzene rings is 1. The van der Waals surface area contributed by atoms with Crippen molar-refractivity contribution in [1.82, 2.24) is 9.55 Å². The van der Waals surface area contributed by atoms with E-state index < -0.39 is 5.97 Å². The molecule has 0 amide bonds. The van der Waals surface area contributed by atoms with Crippen LogP contribution in [0.4, 0.5) is 0 Å². The maximum absolute atomic E-state index is 11.7. The van der Waals surface area contributed by atoms with Gasteiger partial charge in [0.25, 0.3) is 0 Å². The Morgan fingerprint density at radius 3 is 2.67 bits per heavy atom. The zero-order chi connectivity index (χ0) is 13.3. The lowest BCUT2D eigenvalue weighted by atomic mass is 10.1. The molecule has 1 heterocycles. The summed E-state index contributed by atoms with van der Waals surface area (Å²) in [6.45, 7) is 3.75. The standard InChI is InChI=1S/C13H13ClN2O2/c1-8-11(13(17)18-3)6-10(14)7-12(8)16-5-4-15-9(16)2/h4-7H,1-3H3. The third-order valence-corrected chi connectivity index (χ3v) is 3.05. The number of imidazole rings is 1. The summed E-state index contributed by atoms with van der Waals surface area (Å²) < 4.78 is 6.63. The quantitative estimate of drug-likeness (QED) is 0.784. The third-order valence-electron chi connectivity index (χ3n) is 2.84. The van der Waals surface area contributed by atoms with Crippen molar-refractivity contribution in [2.75, 3.05) is 7.11 Å². The van der Waals surface area contributed by atoms with Crippen molar-refractivity contribution >= 4 is 17.6 Å². The van der Waals surface area contributed by atoms with Gasteiger partial charge in [0, 0.05) is 17.4 Å². The summed E-state index contributed by atoms with van der Waals surface area (Å²) in [5.74, 6) is 0.435. The van der Waals surface area contributed by atoms with Crippen LogP contribution in [-0.2, 0) is 4.74 Å². The molecule has 5 heteroatoms. The molecule has 0 N–H and O–H groups in total. The first-order valence-corrected chi connectivity index (χ1v) is 5.81. The number of hydrogen-bond donors (Lipinski definition) is 0. The van der Waals surface area contributed by atoms with Gasteiger partial charge < -0.3 is 9.30 Å². The molecule has 4 nitrogen and oxygen atoms in total. The maximum atomic E-state index is 11.7. The Morgan fingerprint density at radius 2 is 2.11 bits per heavy atom. The molecule has 94 valence electrons. The van der Waals surface area contributed by atoms with Crippen molar-refractivity contribution in [3.05, 3.63) is 46.5 Å². The molecule has 0 unspecified atom stereocenters. The van der Waals surface area contributed by atoms with Crippen LogP contribution < -0.4 is 0 Å². The Balaban J connectivity index is 2.66. The van der Waals surface area contributed by atoms with Crippen molar-refractivity contribution in [2.24, 2.45) is 0 Å². The van der Waals surface area contributed by atoms with Crippen LogP contribution in [0, 0.1) is 13.8 Å². The highest BCUT2D eigenvalue weighted by Gasteiger charge is 2.15.